The summed E-state index contributed by atoms with van der Waals surface area (Å²) in [7, 11) is 0. The lowest BCUT2D eigenvalue weighted by atomic mass is 10.3. The molecule has 0 aromatic heterocycles. The number of thioether (sulfide) groups is 1. The number of hydrogen-bond donors (Lipinski definition) is 1. The Hall–Kier alpha value is -0.670. The Bertz CT molecular complexity index is 303. The molecule has 1 aromatic rings. The minimum Gasteiger partial charge on any atom is -0.324 e. The summed E-state index contributed by atoms with van der Waals surface area (Å²) in [5.74, 6) is 0.630. The molecule has 1 aromatic carbocycles. The summed E-state index contributed by atoms with van der Waals surface area (Å²) in [6.07, 6.45) is 0. The van der Waals surface area contributed by atoms with E-state index in [4.69, 9.17) is 0 Å². The number of carbonyl (C=O) groups excluding carboxylic acids is 1. The van der Waals surface area contributed by atoms with Gasteiger partial charge in [0.05, 0.1) is 11.4 Å². The van der Waals surface area contributed by atoms with Crippen molar-refractivity contribution in [1.82, 2.24) is 0 Å². The number of fused-ring (bicyclic) bond motifs is 1. The maximum absolute atomic E-state index is 10.9. The number of halogens is 1. The van der Waals surface area contributed by atoms with Gasteiger partial charge < -0.3 is 5.32 Å². The highest BCUT2D eigenvalue weighted by molar-refractivity contribution is 8.00. The molecule has 0 saturated carbocycles. The molecule has 1 aliphatic heterocycles. The normalized spacial score (nSPS) is 14.2. The zero-order valence-electron chi connectivity index (χ0n) is 6.24. The van der Waals surface area contributed by atoms with Gasteiger partial charge in [-0.05, 0) is 12.1 Å². The molecule has 64 valence electrons. The molecule has 1 N–H and O–H groups in total. The van der Waals surface area contributed by atoms with E-state index in [9.17, 15) is 4.79 Å². The van der Waals surface area contributed by atoms with Gasteiger partial charge in [-0.15, -0.1) is 24.2 Å². The maximum Gasteiger partial charge on any atom is 0.234 e. The standard InChI is InChI=1S/C8H7NOS.ClH/c10-8-5-11-7-4-2-1-3-6(7)9-8;/h1-4H,5H2,(H,9,10);1H. The van der Waals surface area contributed by atoms with Gasteiger partial charge in [-0.2, -0.15) is 0 Å². The summed E-state index contributed by atoms with van der Waals surface area (Å²) in [5.41, 5.74) is 0.939. The molecule has 0 bridgehead atoms. The molecule has 0 aliphatic carbocycles. The number of amides is 1. The van der Waals surface area contributed by atoms with E-state index in [0.29, 0.717) is 5.75 Å². The van der Waals surface area contributed by atoms with Crippen LogP contribution in [0.1, 0.15) is 0 Å². The molecule has 1 amide bonds. The summed E-state index contributed by atoms with van der Waals surface area (Å²) in [6.45, 7) is 0. The quantitative estimate of drug-likeness (QED) is 0.697. The molecular formula is C8H8ClNOS. The van der Waals surface area contributed by atoms with Crippen molar-refractivity contribution in [3.05, 3.63) is 24.3 Å². The van der Waals surface area contributed by atoms with Gasteiger partial charge in [-0.1, -0.05) is 12.1 Å². The molecule has 12 heavy (non-hydrogen) atoms. The van der Waals surface area contributed by atoms with Crippen molar-refractivity contribution in [3.8, 4) is 0 Å². The van der Waals surface area contributed by atoms with Gasteiger partial charge >= 0.3 is 0 Å². The first kappa shape index (κ1) is 9.42. The molecule has 0 radical (unpaired) electrons. The first-order valence-corrected chi connectivity index (χ1v) is 4.36. The molecular weight excluding hydrogens is 194 g/mol. The molecule has 0 spiro atoms. The van der Waals surface area contributed by atoms with Crippen molar-refractivity contribution in [1.29, 1.82) is 0 Å². The van der Waals surface area contributed by atoms with Crippen LogP contribution in [0.2, 0.25) is 0 Å². The Balaban J connectivity index is 0.000000720. The summed E-state index contributed by atoms with van der Waals surface area (Å²) >= 11 is 1.58. The van der Waals surface area contributed by atoms with Gasteiger partial charge in [0.2, 0.25) is 5.91 Å². The fourth-order valence-electron chi connectivity index (χ4n) is 1.03. The second-order valence-corrected chi connectivity index (χ2v) is 3.35. The van der Waals surface area contributed by atoms with Gasteiger partial charge in [0.1, 0.15) is 0 Å². The second-order valence-electron chi connectivity index (χ2n) is 2.33. The minimum atomic E-state index is 0. The van der Waals surface area contributed by atoms with Crippen LogP contribution < -0.4 is 5.32 Å². The lowest BCUT2D eigenvalue weighted by molar-refractivity contribution is -0.113. The zero-order chi connectivity index (χ0) is 7.68. The first-order chi connectivity index (χ1) is 5.36. The third-order valence-electron chi connectivity index (χ3n) is 1.52. The van der Waals surface area contributed by atoms with Crippen molar-refractivity contribution < 1.29 is 4.79 Å². The number of rotatable bonds is 0. The van der Waals surface area contributed by atoms with E-state index in [0.717, 1.165) is 10.6 Å². The first-order valence-electron chi connectivity index (χ1n) is 3.38. The lowest BCUT2D eigenvalue weighted by Gasteiger charge is -2.14. The zero-order valence-corrected chi connectivity index (χ0v) is 7.87. The summed E-state index contributed by atoms with van der Waals surface area (Å²) in [4.78, 5) is 12.1. The largest absolute Gasteiger partial charge is 0.324 e. The van der Waals surface area contributed by atoms with Gasteiger partial charge in [0.15, 0.2) is 0 Å². The molecule has 0 fully saturated rings. The third kappa shape index (κ3) is 1.73. The average Bonchev–Trinajstić information content (AvgIpc) is 2.04. The molecule has 0 unspecified atom stereocenters. The summed E-state index contributed by atoms with van der Waals surface area (Å²) in [5, 5.41) is 2.80. The topological polar surface area (TPSA) is 29.1 Å². The predicted molar refractivity (Wildman–Crippen MR) is 53.0 cm³/mol. The van der Waals surface area contributed by atoms with Crippen LogP contribution in [-0.2, 0) is 4.79 Å². The Morgan fingerprint density at radius 1 is 1.33 bits per heavy atom. The van der Waals surface area contributed by atoms with Gasteiger partial charge in [-0.3, -0.25) is 4.79 Å². The monoisotopic (exact) mass is 201 g/mol. The van der Waals surface area contributed by atoms with E-state index in [1.165, 1.54) is 0 Å². The Kier molecular flexibility index (Phi) is 3.00. The molecule has 0 saturated heterocycles. The SMILES string of the molecule is Cl.O=C1CSc2ccccc2N1. The van der Waals surface area contributed by atoms with Crippen LogP contribution in [0.3, 0.4) is 0 Å². The Morgan fingerprint density at radius 3 is 2.92 bits per heavy atom. The molecule has 1 heterocycles. The lowest BCUT2D eigenvalue weighted by Crippen LogP contribution is -2.18. The Labute approximate surface area is 81.1 Å². The van der Waals surface area contributed by atoms with Crippen LogP contribution in [0, 0.1) is 0 Å². The van der Waals surface area contributed by atoms with Gasteiger partial charge in [0.25, 0.3) is 0 Å². The van der Waals surface area contributed by atoms with E-state index in [1.807, 2.05) is 24.3 Å². The molecule has 0 atom stereocenters. The van der Waals surface area contributed by atoms with Crippen LogP contribution in [-0.4, -0.2) is 11.7 Å². The second kappa shape index (κ2) is 3.83. The molecule has 1 aliphatic rings. The number of para-hydroxylation sites is 1. The van der Waals surface area contributed by atoms with Crippen LogP contribution >= 0.6 is 24.2 Å². The fraction of sp³-hybridized carbons (Fsp3) is 0.125. The van der Waals surface area contributed by atoms with E-state index in [1.54, 1.807) is 11.8 Å². The number of benzene rings is 1. The minimum absolute atomic E-state index is 0. The highest BCUT2D eigenvalue weighted by atomic mass is 35.5. The maximum atomic E-state index is 10.9. The number of carbonyl (C=O) groups is 1. The smallest absolute Gasteiger partial charge is 0.234 e. The molecule has 2 rings (SSSR count). The van der Waals surface area contributed by atoms with Crippen LogP contribution in [0.15, 0.2) is 29.2 Å². The number of hydrogen-bond acceptors (Lipinski definition) is 2. The van der Waals surface area contributed by atoms with Crippen LogP contribution in [0.5, 0.6) is 0 Å². The van der Waals surface area contributed by atoms with E-state index in [-0.39, 0.29) is 18.3 Å². The summed E-state index contributed by atoms with van der Waals surface area (Å²) in [6, 6.07) is 7.83. The third-order valence-corrected chi connectivity index (χ3v) is 2.59. The van der Waals surface area contributed by atoms with E-state index in [2.05, 4.69) is 5.32 Å². The molecule has 4 heteroatoms. The van der Waals surface area contributed by atoms with E-state index < -0.39 is 0 Å². The number of anilines is 1. The fourth-order valence-corrected chi connectivity index (χ4v) is 1.83. The predicted octanol–water partition coefficient (Wildman–Crippen LogP) is 2.15. The summed E-state index contributed by atoms with van der Waals surface area (Å²) < 4.78 is 0. The molecule has 2 nitrogen and oxygen atoms in total. The van der Waals surface area contributed by atoms with Crippen molar-refractivity contribution in [2.45, 2.75) is 4.90 Å². The van der Waals surface area contributed by atoms with Crippen molar-refractivity contribution in [2.24, 2.45) is 0 Å². The highest BCUT2D eigenvalue weighted by Gasteiger charge is 2.13. The van der Waals surface area contributed by atoms with Crippen LogP contribution in [0.4, 0.5) is 5.69 Å². The van der Waals surface area contributed by atoms with Crippen molar-refractivity contribution in [3.63, 3.8) is 0 Å². The van der Waals surface area contributed by atoms with Crippen molar-refractivity contribution in [2.75, 3.05) is 11.1 Å². The van der Waals surface area contributed by atoms with Crippen molar-refractivity contribution >= 4 is 35.8 Å². The highest BCUT2D eigenvalue weighted by Crippen LogP contribution is 2.30. The number of nitrogens with one attached hydrogen (secondary N) is 1. The van der Waals surface area contributed by atoms with E-state index >= 15 is 0 Å². The van der Waals surface area contributed by atoms with Gasteiger partial charge in [-0.25, -0.2) is 0 Å². The Morgan fingerprint density at radius 2 is 2.08 bits per heavy atom. The van der Waals surface area contributed by atoms with Gasteiger partial charge in [0, 0.05) is 4.90 Å². The average molecular weight is 202 g/mol. The van der Waals surface area contributed by atoms with Crippen LogP contribution in [0.25, 0.3) is 0 Å².